The number of benzene rings is 2. The molecule has 7 heteroatoms. The maximum Gasteiger partial charge on any atom is 0.254 e. The molecule has 3 aliphatic heterocycles. The van der Waals surface area contributed by atoms with Gasteiger partial charge in [-0.15, -0.1) is 0 Å². The summed E-state index contributed by atoms with van der Waals surface area (Å²) in [5.41, 5.74) is 3.25. The Kier molecular flexibility index (Phi) is 4.71. The van der Waals surface area contributed by atoms with Crippen molar-refractivity contribution >= 4 is 29.1 Å². The first-order valence-electron chi connectivity index (χ1n) is 10.3. The number of likely N-dealkylation sites (tertiary alicyclic amines) is 1. The molecule has 2 aromatic rings. The van der Waals surface area contributed by atoms with Gasteiger partial charge in [-0.25, -0.2) is 0 Å². The third-order valence-electron chi connectivity index (χ3n) is 6.63. The molecule has 0 aliphatic carbocycles. The molecule has 1 spiro atoms. The third-order valence-corrected chi connectivity index (χ3v) is 6.86. The fourth-order valence-corrected chi connectivity index (χ4v) is 5.04. The zero-order chi connectivity index (χ0) is 20.9. The Morgan fingerprint density at radius 1 is 1.13 bits per heavy atom. The second-order valence-electron chi connectivity index (χ2n) is 8.40. The third kappa shape index (κ3) is 3.15. The molecule has 1 saturated heterocycles. The van der Waals surface area contributed by atoms with Crippen molar-refractivity contribution < 1.29 is 14.3 Å². The minimum atomic E-state index is -0.462. The molecule has 0 unspecified atom stereocenters. The van der Waals surface area contributed by atoms with Crippen LogP contribution in [0.2, 0.25) is 5.02 Å². The van der Waals surface area contributed by atoms with Crippen molar-refractivity contribution in [1.29, 1.82) is 0 Å². The van der Waals surface area contributed by atoms with Crippen LogP contribution >= 0.6 is 11.6 Å². The van der Waals surface area contributed by atoms with E-state index in [1.807, 2.05) is 43.4 Å². The van der Waals surface area contributed by atoms with Gasteiger partial charge in [0, 0.05) is 36.4 Å². The molecule has 1 fully saturated rings. The van der Waals surface area contributed by atoms with Crippen LogP contribution in [0.4, 0.5) is 5.69 Å². The molecule has 0 aromatic heterocycles. The molecule has 156 valence electrons. The zero-order valence-corrected chi connectivity index (χ0v) is 17.7. The quantitative estimate of drug-likeness (QED) is 0.816. The lowest BCUT2D eigenvalue weighted by molar-refractivity contribution is -0.122. The van der Waals surface area contributed by atoms with Gasteiger partial charge in [0.1, 0.15) is 12.4 Å². The maximum absolute atomic E-state index is 12.7. The number of nitrogens with one attached hydrogen (secondary N) is 1. The fraction of sp³-hybridized carbons (Fsp3) is 0.391. The summed E-state index contributed by atoms with van der Waals surface area (Å²) in [5, 5.41) is 3.69. The number of halogens is 1. The van der Waals surface area contributed by atoms with Gasteiger partial charge in [0.2, 0.25) is 5.91 Å². The predicted molar refractivity (Wildman–Crippen MR) is 115 cm³/mol. The smallest absolute Gasteiger partial charge is 0.254 e. The van der Waals surface area contributed by atoms with Gasteiger partial charge >= 0.3 is 0 Å². The van der Waals surface area contributed by atoms with E-state index >= 15 is 0 Å². The highest BCUT2D eigenvalue weighted by Gasteiger charge is 2.48. The number of carbonyl (C=O) groups is 2. The lowest BCUT2D eigenvalue weighted by Crippen LogP contribution is -2.47. The second-order valence-corrected chi connectivity index (χ2v) is 8.83. The minimum Gasteiger partial charge on any atom is -0.492 e. The average molecular weight is 426 g/mol. The Morgan fingerprint density at radius 3 is 2.73 bits per heavy atom. The van der Waals surface area contributed by atoms with Crippen molar-refractivity contribution in [2.24, 2.45) is 0 Å². The van der Waals surface area contributed by atoms with Crippen LogP contribution in [0.3, 0.4) is 0 Å². The van der Waals surface area contributed by atoms with Crippen LogP contribution in [0.15, 0.2) is 36.4 Å². The molecular formula is C23H24ClN3O3. The van der Waals surface area contributed by atoms with E-state index in [-0.39, 0.29) is 11.8 Å². The van der Waals surface area contributed by atoms with Gasteiger partial charge in [-0.05, 0) is 73.5 Å². The summed E-state index contributed by atoms with van der Waals surface area (Å²) in [7, 11) is 1.81. The number of hydrogen-bond donors (Lipinski definition) is 1. The molecular weight excluding hydrogens is 402 g/mol. The van der Waals surface area contributed by atoms with Gasteiger partial charge < -0.3 is 15.0 Å². The number of amides is 2. The van der Waals surface area contributed by atoms with Crippen LogP contribution in [-0.4, -0.2) is 54.9 Å². The molecule has 2 amide bonds. The van der Waals surface area contributed by atoms with Crippen molar-refractivity contribution in [2.45, 2.75) is 24.8 Å². The maximum atomic E-state index is 12.7. The van der Waals surface area contributed by atoms with E-state index in [4.69, 9.17) is 16.3 Å². The molecule has 2 aromatic carbocycles. The average Bonchev–Trinajstić information content (AvgIpc) is 3.17. The number of ether oxygens (including phenoxy) is 1. The highest BCUT2D eigenvalue weighted by Crippen LogP contribution is 2.45. The van der Waals surface area contributed by atoms with Crippen molar-refractivity contribution in [3.63, 3.8) is 0 Å². The molecule has 3 aliphatic rings. The van der Waals surface area contributed by atoms with E-state index in [2.05, 4.69) is 10.2 Å². The highest BCUT2D eigenvalue weighted by atomic mass is 35.5. The molecule has 3 heterocycles. The van der Waals surface area contributed by atoms with E-state index in [1.165, 1.54) is 0 Å². The van der Waals surface area contributed by atoms with Crippen molar-refractivity contribution in [3.05, 3.63) is 58.1 Å². The lowest BCUT2D eigenvalue weighted by atomic mass is 9.73. The van der Waals surface area contributed by atoms with Gasteiger partial charge in [0.05, 0.1) is 5.41 Å². The van der Waals surface area contributed by atoms with Gasteiger partial charge in [0.15, 0.2) is 0 Å². The van der Waals surface area contributed by atoms with E-state index in [0.29, 0.717) is 18.2 Å². The fourth-order valence-electron chi connectivity index (χ4n) is 4.87. The van der Waals surface area contributed by atoms with Crippen LogP contribution in [-0.2, 0) is 16.8 Å². The predicted octanol–water partition coefficient (Wildman–Crippen LogP) is 3.29. The van der Waals surface area contributed by atoms with Crippen molar-refractivity contribution in [3.8, 4) is 5.75 Å². The van der Waals surface area contributed by atoms with Gasteiger partial charge in [-0.1, -0.05) is 11.6 Å². The summed E-state index contributed by atoms with van der Waals surface area (Å²) >= 11 is 6.19. The number of anilines is 1. The van der Waals surface area contributed by atoms with E-state index in [9.17, 15) is 9.59 Å². The number of carbonyl (C=O) groups excluding carboxylic acids is 2. The van der Waals surface area contributed by atoms with E-state index in [0.717, 1.165) is 60.6 Å². The molecule has 0 atom stereocenters. The molecule has 6 nitrogen and oxygen atoms in total. The van der Waals surface area contributed by atoms with Gasteiger partial charge in [-0.3, -0.25) is 14.5 Å². The van der Waals surface area contributed by atoms with Gasteiger partial charge in [-0.2, -0.15) is 0 Å². The molecule has 1 N–H and O–H groups in total. The van der Waals surface area contributed by atoms with Gasteiger partial charge in [0.25, 0.3) is 5.91 Å². The molecule has 5 rings (SSSR count). The van der Waals surface area contributed by atoms with E-state index in [1.54, 1.807) is 4.90 Å². The number of fused-ring (bicyclic) bond motifs is 3. The lowest BCUT2D eigenvalue weighted by Gasteiger charge is -2.38. The summed E-state index contributed by atoms with van der Waals surface area (Å²) < 4.78 is 5.95. The summed E-state index contributed by atoms with van der Waals surface area (Å²) in [4.78, 5) is 28.8. The first-order chi connectivity index (χ1) is 14.5. The highest BCUT2D eigenvalue weighted by molar-refractivity contribution is 6.31. The SMILES string of the molecule is CN1Cc2cc(OCCN3CCC4(CC3)C(=O)Nc3ccc(Cl)cc34)ccc2C1=O. The molecule has 0 saturated carbocycles. The Bertz CT molecular complexity index is 1030. The van der Waals surface area contributed by atoms with E-state index < -0.39 is 5.41 Å². The number of hydrogen-bond acceptors (Lipinski definition) is 4. The Morgan fingerprint density at radius 2 is 1.93 bits per heavy atom. The number of rotatable bonds is 4. The topological polar surface area (TPSA) is 61.9 Å². The van der Waals surface area contributed by atoms with Crippen LogP contribution in [0.1, 0.15) is 34.3 Å². The van der Waals surface area contributed by atoms with Crippen molar-refractivity contribution in [2.75, 3.05) is 38.6 Å². The first-order valence-corrected chi connectivity index (χ1v) is 10.7. The Hall–Kier alpha value is -2.57. The number of piperidine rings is 1. The second kappa shape index (κ2) is 7.29. The summed E-state index contributed by atoms with van der Waals surface area (Å²) in [5.74, 6) is 0.954. The monoisotopic (exact) mass is 425 g/mol. The molecule has 30 heavy (non-hydrogen) atoms. The Balaban J connectivity index is 1.17. The Labute approximate surface area is 180 Å². The van der Waals surface area contributed by atoms with Crippen LogP contribution in [0.5, 0.6) is 5.75 Å². The molecule has 0 bridgehead atoms. The summed E-state index contributed by atoms with van der Waals surface area (Å²) in [6, 6.07) is 11.3. The largest absolute Gasteiger partial charge is 0.492 e. The summed E-state index contributed by atoms with van der Waals surface area (Å²) in [6.07, 6.45) is 1.55. The van der Waals surface area contributed by atoms with Crippen molar-refractivity contribution in [1.82, 2.24) is 9.80 Å². The molecule has 0 radical (unpaired) electrons. The van der Waals surface area contributed by atoms with Crippen LogP contribution in [0, 0.1) is 0 Å². The standard InChI is InChI=1S/C23H24ClN3O3/c1-26-14-15-12-17(3-4-18(15)21(26)28)30-11-10-27-8-6-23(7-9-27)19-13-16(24)2-5-20(19)25-22(23)29/h2-5,12-13H,6-11,14H2,1H3,(H,25,29). The normalized spacial score (nSPS) is 19.7. The minimum absolute atomic E-state index is 0.0672. The zero-order valence-electron chi connectivity index (χ0n) is 16.9. The van der Waals surface area contributed by atoms with Crippen LogP contribution in [0.25, 0.3) is 0 Å². The number of nitrogens with zero attached hydrogens (tertiary/aromatic N) is 2. The van der Waals surface area contributed by atoms with Crippen LogP contribution < -0.4 is 10.1 Å². The first kappa shape index (κ1) is 19.4. The summed E-state index contributed by atoms with van der Waals surface area (Å²) in [6.45, 7) is 3.69.